The maximum Gasteiger partial charge on any atom is 0.296 e. The standard InChI is InChI=1S/C25H19Cl3N2O4/c1-2-34-16-7-9-18(26)17(12-16)23(31)21-22(14-6-8-19(27)20(28)11-14)30(25(33)24(21)32)13-15-5-3-4-10-29-15/h3-12,22,31H,2,13H2,1H3/b23-21+. The number of ketones is 1. The van der Waals surface area contributed by atoms with Crippen LogP contribution in [0.4, 0.5) is 0 Å². The Kier molecular flexibility index (Phi) is 7.12. The van der Waals surface area contributed by atoms with Crippen molar-refractivity contribution in [2.45, 2.75) is 19.5 Å². The molecule has 1 atom stereocenters. The Morgan fingerprint density at radius 1 is 1.03 bits per heavy atom. The molecule has 0 saturated carbocycles. The summed E-state index contributed by atoms with van der Waals surface area (Å²) in [4.78, 5) is 32.0. The van der Waals surface area contributed by atoms with Crippen LogP contribution in [0, 0.1) is 0 Å². The Balaban J connectivity index is 1.90. The van der Waals surface area contributed by atoms with Gasteiger partial charge in [-0.2, -0.15) is 0 Å². The topological polar surface area (TPSA) is 79.7 Å². The predicted molar refractivity (Wildman–Crippen MR) is 131 cm³/mol. The summed E-state index contributed by atoms with van der Waals surface area (Å²) in [5.41, 5.74) is 1.14. The van der Waals surface area contributed by atoms with Crippen LogP contribution >= 0.6 is 34.8 Å². The number of ether oxygens (including phenoxy) is 1. The zero-order valence-electron chi connectivity index (χ0n) is 18.0. The van der Waals surface area contributed by atoms with Gasteiger partial charge in [0.05, 0.1) is 45.5 Å². The number of aromatic nitrogens is 1. The summed E-state index contributed by atoms with van der Waals surface area (Å²) >= 11 is 18.7. The molecule has 1 aromatic heterocycles. The van der Waals surface area contributed by atoms with E-state index in [1.807, 2.05) is 6.92 Å². The number of amides is 1. The lowest BCUT2D eigenvalue weighted by molar-refractivity contribution is -0.140. The first-order chi connectivity index (χ1) is 16.3. The highest BCUT2D eigenvalue weighted by Gasteiger charge is 2.46. The molecule has 1 N–H and O–H groups in total. The number of hydrogen-bond acceptors (Lipinski definition) is 5. The molecule has 3 aromatic rings. The zero-order chi connectivity index (χ0) is 24.4. The average Bonchev–Trinajstić information content (AvgIpc) is 3.07. The van der Waals surface area contributed by atoms with Crippen LogP contribution in [0.15, 0.2) is 66.4 Å². The summed E-state index contributed by atoms with van der Waals surface area (Å²) in [5, 5.41) is 12.1. The first-order valence-corrected chi connectivity index (χ1v) is 11.5. The molecule has 0 spiro atoms. The van der Waals surface area contributed by atoms with Crippen LogP contribution in [0.2, 0.25) is 15.1 Å². The van der Waals surface area contributed by atoms with Crippen molar-refractivity contribution in [3.63, 3.8) is 0 Å². The molecule has 4 rings (SSSR count). The number of carbonyl (C=O) groups excluding carboxylic acids is 2. The first-order valence-electron chi connectivity index (χ1n) is 10.4. The molecule has 1 aliphatic rings. The fourth-order valence-corrected chi connectivity index (χ4v) is 4.34. The third-order valence-corrected chi connectivity index (χ3v) is 6.43. The average molecular weight is 518 g/mol. The van der Waals surface area contributed by atoms with Crippen molar-refractivity contribution in [1.82, 2.24) is 9.88 Å². The SMILES string of the molecule is CCOc1ccc(Cl)c(/C(O)=C2\C(=O)C(=O)N(Cc3ccccn3)C2c2ccc(Cl)c(Cl)c2)c1. The maximum absolute atomic E-state index is 13.2. The van der Waals surface area contributed by atoms with Crippen LogP contribution in [0.1, 0.15) is 29.8 Å². The molecule has 0 aliphatic carbocycles. The molecule has 6 nitrogen and oxygen atoms in total. The molecule has 2 heterocycles. The number of nitrogens with zero attached hydrogens (tertiary/aromatic N) is 2. The molecular formula is C25H19Cl3N2O4. The number of hydrogen-bond donors (Lipinski definition) is 1. The monoisotopic (exact) mass is 516 g/mol. The number of benzene rings is 2. The molecule has 1 saturated heterocycles. The molecule has 9 heteroatoms. The van der Waals surface area contributed by atoms with Crippen molar-refractivity contribution in [2.24, 2.45) is 0 Å². The van der Waals surface area contributed by atoms with E-state index in [9.17, 15) is 14.7 Å². The summed E-state index contributed by atoms with van der Waals surface area (Å²) < 4.78 is 5.51. The summed E-state index contributed by atoms with van der Waals surface area (Å²) in [7, 11) is 0. The van der Waals surface area contributed by atoms with Gasteiger partial charge in [0.25, 0.3) is 11.7 Å². The molecule has 34 heavy (non-hydrogen) atoms. The molecule has 1 aliphatic heterocycles. The highest BCUT2D eigenvalue weighted by atomic mass is 35.5. The van der Waals surface area contributed by atoms with Crippen molar-refractivity contribution in [1.29, 1.82) is 0 Å². The van der Waals surface area contributed by atoms with Crippen molar-refractivity contribution in [3.05, 3.63) is 98.3 Å². The Morgan fingerprint density at radius 3 is 2.47 bits per heavy atom. The van der Waals surface area contributed by atoms with E-state index in [-0.39, 0.29) is 27.7 Å². The molecule has 0 bridgehead atoms. The Labute approximate surface area is 211 Å². The zero-order valence-corrected chi connectivity index (χ0v) is 20.2. The number of aliphatic hydroxyl groups excluding tert-OH is 1. The van der Waals surface area contributed by atoms with Crippen LogP contribution < -0.4 is 4.74 Å². The number of likely N-dealkylation sites (tertiary alicyclic amines) is 1. The minimum atomic E-state index is -0.941. The quantitative estimate of drug-likeness (QED) is 0.244. The molecule has 0 radical (unpaired) electrons. The van der Waals surface area contributed by atoms with Gasteiger partial charge in [-0.3, -0.25) is 14.6 Å². The van der Waals surface area contributed by atoms with Crippen molar-refractivity contribution < 1.29 is 19.4 Å². The van der Waals surface area contributed by atoms with Gasteiger partial charge in [-0.15, -0.1) is 0 Å². The van der Waals surface area contributed by atoms with Gasteiger partial charge in [-0.05, 0) is 55.0 Å². The van der Waals surface area contributed by atoms with E-state index in [1.165, 1.54) is 11.0 Å². The minimum absolute atomic E-state index is 0.0415. The van der Waals surface area contributed by atoms with Gasteiger partial charge in [0.15, 0.2) is 0 Å². The number of rotatable bonds is 6. The Bertz CT molecular complexity index is 1290. The predicted octanol–water partition coefficient (Wildman–Crippen LogP) is 6.06. The van der Waals surface area contributed by atoms with Crippen LogP contribution in [0.3, 0.4) is 0 Å². The van der Waals surface area contributed by atoms with Gasteiger partial charge >= 0.3 is 0 Å². The van der Waals surface area contributed by atoms with Gasteiger partial charge in [0, 0.05) is 11.8 Å². The van der Waals surface area contributed by atoms with Crippen molar-refractivity contribution >= 4 is 52.3 Å². The second kappa shape index (κ2) is 10.1. The third kappa shape index (κ3) is 4.62. The van der Waals surface area contributed by atoms with Gasteiger partial charge < -0.3 is 14.7 Å². The van der Waals surface area contributed by atoms with E-state index in [0.717, 1.165) is 0 Å². The lowest BCUT2D eigenvalue weighted by Gasteiger charge is -2.25. The Hall–Kier alpha value is -3.06. The second-order valence-electron chi connectivity index (χ2n) is 7.50. The molecular weight excluding hydrogens is 499 g/mol. The van der Waals surface area contributed by atoms with Crippen LogP contribution in [0.5, 0.6) is 5.75 Å². The third-order valence-electron chi connectivity index (χ3n) is 5.36. The van der Waals surface area contributed by atoms with Crippen LogP contribution in [-0.4, -0.2) is 33.3 Å². The fourth-order valence-electron chi connectivity index (χ4n) is 3.83. The smallest absolute Gasteiger partial charge is 0.296 e. The molecule has 2 aromatic carbocycles. The van der Waals surface area contributed by atoms with Gasteiger partial charge in [-0.25, -0.2) is 0 Å². The van der Waals surface area contributed by atoms with Gasteiger partial charge in [0.1, 0.15) is 11.5 Å². The normalized spacial score (nSPS) is 17.3. The molecule has 1 fully saturated rings. The number of aliphatic hydroxyl groups is 1. The Morgan fingerprint density at radius 2 is 1.79 bits per heavy atom. The van der Waals surface area contributed by atoms with Crippen LogP contribution in [-0.2, 0) is 16.1 Å². The number of Topliss-reactive ketones (excluding diaryl/α,β-unsaturated/α-hetero) is 1. The van der Waals surface area contributed by atoms with E-state index in [2.05, 4.69) is 4.98 Å². The van der Waals surface area contributed by atoms with E-state index in [4.69, 9.17) is 39.5 Å². The summed E-state index contributed by atoms with van der Waals surface area (Å²) in [6.45, 7) is 2.26. The second-order valence-corrected chi connectivity index (χ2v) is 8.72. The number of pyridine rings is 1. The lowest BCUT2D eigenvalue weighted by Crippen LogP contribution is -2.29. The largest absolute Gasteiger partial charge is 0.507 e. The van der Waals surface area contributed by atoms with E-state index >= 15 is 0 Å². The summed E-state index contributed by atoms with van der Waals surface area (Å²) in [5.74, 6) is -1.57. The lowest BCUT2D eigenvalue weighted by atomic mass is 9.95. The van der Waals surface area contributed by atoms with E-state index in [1.54, 1.807) is 54.7 Å². The van der Waals surface area contributed by atoms with Gasteiger partial charge in [-0.1, -0.05) is 46.9 Å². The molecule has 174 valence electrons. The van der Waals surface area contributed by atoms with E-state index < -0.39 is 23.5 Å². The number of halogens is 3. The van der Waals surface area contributed by atoms with E-state index in [0.29, 0.717) is 28.6 Å². The fraction of sp³-hybridized carbons (Fsp3) is 0.160. The first kappa shape index (κ1) is 24.1. The molecule has 1 unspecified atom stereocenters. The maximum atomic E-state index is 13.2. The van der Waals surface area contributed by atoms with Crippen LogP contribution in [0.25, 0.3) is 5.76 Å². The minimum Gasteiger partial charge on any atom is -0.507 e. The summed E-state index contributed by atoms with van der Waals surface area (Å²) in [6.07, 6.45) is 1.60. The van der Waals surface area contributed by atoms with Crippen molar-refractivity contribution in [3.8, 4) is 5.75 Å². The highest BCUT2D eigenvalue weighted by Crippen LogP contribution is 2.42. The molecule has 1 amide bonds. The number of carbonyl (C=O) groups is 2. The summed E-state index contributed by atoms with van der Waals surface area (Å²) in [6, 6.07) is 13.9. The highest BCUT2D eigenvalue weighted by molar-refractivity contribution is 6.47. The van der Waals surface area contributed by atoms with Crippen molar-refractivity contribution in [2.75, 3.05) is 6.61 Å². The van der Waals surface area contributed by atoms with Gasteiger partial charge in [0.2, 0.25) is 0 Å².